The van der Waals surface area contributed by atoms with Gasteiger partial charge in [0, 0.05) is 11.4 Å². The average molecular weight is 263 g/mol. The molecule has 0 saturated heterocycles. The Kier molecular flexibility index (Phi) is 4.37. The zero-order valence-electron chi connectivity index (χ0n) is 9.83. The molecule has 0 fully saturated rings. The van der Waals surface area contributed by atoms with Crippen LogP contribution in [0.25, 0.3) is 0 Å². The minimum absolute atomic E-state index is 0.269. The van der Waals surface area contributed by atoms with Crippen LogP contribution in [-0.4, -0.2) is 10.2 Å². The van der Waals surface area contributed by atoms with Crippen LogP contribution in [-0.2, 0) is 0 Å². The van der Waals surface area contributed by atoms with Crippen LogP contribution in [0.5, 0.6) is 0 Å². The number of rotatable bonds is 4. The number of aliphatic hydroxyl groups excluding tert-OH is 2. The predicted octanol–water partition coefficient (Wildman–Crippen LogP) is 3.50. The molecule has 3 heteroatoms. The topological polar surface area (TPSA) is 40.5 Å². The smallest absolute Gasteiger partial charge is 0.0818 e. The van der Waals surface area contributed by atoms with E-state index >= 15 is 0 Å². The van der Waals surface area contributed by atoms with Gasteiger partial charge in [-0.15, -0.1) is 0 Å². The summed E-state index contributed by atoms with van der Waals surface area (Å²) in [4.78, 5) is 0. The highest BCUT2D eigenvalue weighted by Gasteiger charge is 2.15. The lowest BCUT2D eigenvalue weighted by Gasteiger charge is -2.16. The Morgan fingerprint density at radius 3 is 1.83 bits per heavy atom. The van der Waals surface area contributed by atoms with Crippen LogP contribution in [0.4, 0.5) is 0 Å². The highest BCUT2D eigenvalue weighted by Crippen LogP contribution is 2.26. The zero-order chi connectivity index (χ0) is 13.0. The Balaban J connectivity index is 2.03. The Hall–Kier alpha value is -1.35. The summed E-state index contributed by atoms with van der Waals surface area (Å²) in [6.07, 6.45) is -1.10. The van der Waals surface area contributed by atoms with E-state index < -0.39 is 12.2 Å². The van der Waals surface area contributed by atoms with Crippen molar-refractivity contribution in [2.45, 2.75) is 18.6 Å². The second kappa shape index (κ2) is 6.01. The minimum Gasteiger partial charge on any atom is -0.388 e. The molecule has 2 nitrogen and oxygen atoms in total. The zero-order valence-corrected chi connectivity index (χ0v) is 10.6. The second-order valence-corrected chi connectivity index (χ2v) is 4.67. The van der Waals surface area contributed by atoms with Crippen molar-refractivity contribution in [2.24, 2.45) is 0 Å². The van der Waals surface area contributed by atoms with E-state index in [4.69, 9.17) is 11.6 Å². The van der Waals surface area contributed by atoms with Gasteiger partial charge in [-0.1, -0.05) is 54.1 Å². The molecule has 2 N–H and O–H groups in total. The largest absolute Gasteiger partial charge is 0.388 e. The maximum absolute atomic E-state index is 10.0. The summed E-state index contributed by atoms with van der Waals surface area (Å²) >= 11 is 5.79. The first-order valence-electron chi connectivity index (χ1n) is 5.83. The molecule has 2 unspecified atom stereocenters. The third-order valence-electron chi connectivity index (χ3n) is 2.89. The Morgan fingerprint density at radius 1 is 0.778 bits per heavy atom. The van der Waals surface area contributed by atoms with Crippen molar-refractivity contribution in [1.29, 1.82) is 0 Å². The molecule has 0 bridgehead atoms. The van der Waals surface area contributed by atoms with Crippen molar-refractivity contribution in [3.63, 3.8) is 0 Å². The van der Waals surface area contributed by atoms with Gasteiger partial charge in [0.2, 0.25) is 0 Å². The van der Waals surface area contributed by atoms with Crippen LogP contribution >= 0.6 is 11.6 Å². The van der Waals surface area contributed by atoms with Gasteiger partial charge in [-0.25, -0.2) is 0 Å². The lowest BCUT2D eigenvalue weighted by molar-refractivity contribution is 0.0804. The number of hydrogen-bond acceptors (Lipinski definition) is 2. The maximum Gasteiger partial charge on any atom is 0.0818 e. The van der Waals surface area contributed by atoms with Crippen molar-refractivity contribution < 1.29 is 10.2 Å². The van der Waals surface area contributed by atoms with E-state index in [1.165, 1.54) is 0 Å². The van der Waals surface area contributed by atoms with Crippen molar-refractivity contribution >= 4 is 11.6 Å². The molecule has 0 saturated carbocycles. The van der Waals surface area contributed by atoms with Gasteiger partial charge in [-0.3, -0.25) is 0 Å². The Labute approximate surface area is 111 Å². The molecule has 0 radical (unpaired) electrons. The molecule has 0 aliphatic heterocycles. The molecule has 2 aromatic rings. The van der Waals surface area contributed by atoms with Gasteiger partial charge >= 0.3 is 0 Å². The van der Waals surface area contributed by atoms with Gasteiger partial charge in [0.25, 0.3) is 0 Å². The fraction of sp³-hybridized carbons (Fsp3) is 0.200. The lowest BCUT2D eigenvalue weighted by Crippen LogP contribution is -2.05. The number of benzene rings is 2. The van der Waals surface area contributed by atoms with Gasteiger partial charge in [0.05, 0.1) is 12.2 Å². The highest BCUT2D eigenvalue weighted by molar-refractivity contribution is 6.30. The molecule has 2 rings (SSSR count). The van der Waals surface area contributed by atoms with E-state index in [0.29, 0.717) is 5.02 Å². The molecule has 0 aromatic heterocycles. The van der Waals surface area contributed by atoms with Gasteiger partial charge in [-0.05, 0) is 23.3 Å². The molecule has 0 aliphatic rings. The SMILES string of the molecule is OC(CC(O)c1ccc(Cl)cc1)c1ccccc1. The summed E-state index contributed by atoms with van der Waals surface area (Å²) < 4.78 is 0. The second-order valence-electron chi connectivity index (χ2n) is 4.23. The van der Waals surface area contributed by atoms with E-state index in [2.05, 4.69) is 0 Å². The molecule has 2 atom stereocenters. The third-order valence-corrected chi connectivity index (χ3v) is 3.14. The maximum atomic E-state index is 10.0. The van der Waals surface area contributed by atoms with Gasteiger partial charge < -0.3 is 10.2 Å². The Bertz CT molecular complexity index is 482. The molecule has 0 spiro atoms. The lowest BCUT2D eigenvalue weighted by atomic mass is 9.99. The van der Waals surface area contributed by atoms with Crippen molar-refractivity contribution in [3.8, 4) is 0 Å². The van der Waals surface area contributed by atoms with E-state index in [-0.39, 0.29) is 6.42 Å². The van der Waals surface area contributed by atoms with Crippen LogP contribution in [0.15, 0.2) is 54.6 Å². The molecular formula is C15H15ClO2. The van der Waals surface area contributed by atoms with E-state index in [0.717, 1.165) is 11.1 Å². The third kappa shape index (κ3) is 3.33. The van der Waals surface area contributed by atoms with Crippen molar-refractivity contribution in [2.75, 3.05) is 0 Å². The summed E-state index contributed by atoms with van der Waals surface area (Å²) in [5.41, 5.74) is 1.57. The molecule has 0 aliphatic carbocycles. The summed E-state index contributed by atoms with van der Waals surface area (Å²) in [5, 5.41) is 20.7. The minimum atomic E-state index is -0.697. The Morgan fingerprint density at radius 2 is 1.28 bits per heavy atom. The quantitative estimate of drug-likeness (QED) is 0.885. The fourth-order valence-corrected chi connectivity index (χ4v) is 1.97. The number of halogens is 1. The van der Waals surface area contributed by atoms with E-state index in [1.807, 2.05) is 30.3 Å². The summed E-state index contributed by atoms with van der Waals surface area (Å²) in [5.74, 6) is 0. The van der Waals surface area contributed by atoms with Gasteiger partial charge in [-0.2, -0.15) is 0 Å². The fourth-order valence-electron chi connectivity index (χ4n) is 1.84. The van der Waals surface area contributed by atoms with Crippen LogP contribution in [0.2, 0.25) is 5.02 Å². The molecule has 18 heavy (non-hydrogen) atoms. The summed E-state index contributed by atoms with van der Waals surface area (Å²) in [7, 11) is 0. The normalized spacial score (nSPS) is 14.2. The molecule has 2 aromatic carbocycles. The average Bonchev–Trinajstić information content (AvgIpc) is 2.40. The predicted molar refractivity (Wildman–Crippen MR) is 72.4 cm³/mol. The molecule has 0 heterocycles. The molecular weight excluding hydrogens is 248 g/mol. The summed E-state index contributed by atoms with van der Waals surface area (Å²) in [6, 6.07) is 16.3. The first-order chi connectivity index (χ1) is 8.66. The first-order valence-corrected chi connectivity index (χ1v) is 6.21. The highest BCUT2D eigenvalue weighted by atomic mass is 35.5. The number of hydrogen-bond donors (Lipinski definition) is 2. The van der Waals surface area contributed by atoms with Crippen LogP contribution < -0.4 is 0 Å². The summed E-state index contributed by atoms with van der Waals surface area (Å²) in [6.45, 7) is 0. The monoisotopic (exact) mass is 262 g/mol. The van der Waals surface area contributed by atoms with Gasteiger partial charge in [0.15, 0.2) is 0 Å². The first kappa shape index (κ1) is 13.1. The van der Waals surface area contributed by atoms with E-state index in [1.54, 1.807) is 24.3 Å². The number of aliphatic hydroxyl groups is 2. The van der Waals surface area contributed by atoms with Crippen LogP contribution in [0, 0.1) is 0 Å². The molecule has 94 valence electrons. The van der Waals surface area contributed by atoms with Crippen molar-refractivity contribution in [3.05, 3.63) is 70.7 Å². The standard InChI is InChI=1S/C15H15ClO2/c16-13-8-6-12(7-9-13)15(18)10-14(17)11-4-2-1-3-5-11/h1-9,14-15,17-18H,10H2. The molecule has 0 amide bonds. The van der Waals surface area contributed by atoms with E-state index in [9.17, 15) is 10.2 Å². The van der Waals surface area contributed by atoms with Crippen molar-refractivity contribution in [1.82, 2.24) is 0 Å². The van der Waals surface area contributed by atoms with Crippen LogP contribution in [0.3, 0.4) is 0 Å². The van der Waals surface area contributed by atoms with Gasteiger partial charge in [0.1, 0.15) is 0 Å². The van der Waals surface area contributed by atoms with Crippen LogP contribution in [0.1, 0.15) is 29.8 Å².